The molecule has 2 bridgehead atoms. The fourth-order valence-corrected chi connectivity index (χ4v) is 5.90. The lowest BCUT2D eigenvalue weighted by Gasteiger charge is -2.47. The normalized spacial score (nSPS) is 24.7. The molecule has 0 saturated heterocycles. The number of carboxylic acid groups (broad SMARTS) is 1. The van der Waals surface area contributed by atoms with E-state index in [1.165, 1.54) is 6.33 Å². The highest BCUT2D eigenvalue weighted by Crippen LogP contribution is 2.46. The smallest absolute Gasteiger partial charge is 0.308 e. The van der Waals surface area contributed by atoms with E-state index < -0.39 is 5.97 Å². The molecule has 0 unspecified atom stereocenters. The minimum atomic E-state index is -0.707. The molecular formula is C24H27N7O2. The van der Waals surface area contributed by atoms with Crippen LogP contribution in [0.1, 0.15) is 45.6 Å². The maximum Gasteiger partial charge on any atom is 0.308 e. The number of rotatable bonds is 5. The molecule has 0 radical (unpaired) electrons. The van der Waals surface area contributed by atoms with Crippen molar-refractivity contribution in [3.05, 3.63) is 31.0 Å². The molecule has 170 valence electrons. The van der Waals surface area contributed by atoms with Crippen LogP contribution in [0.2, 0.25) is 0 Å². The van der Waals surface area contributed by atoms with Crippen molar-refractivity contribution in [2.24, 2.45) is 17.8 Å². The number of carboxylic acids is 1. The molecule has 4 aromatic rings. The van der Waals surface area contributed by atoms with Gasteiger partial charge in [0, 0.05) is 41.6 Å². The minimum absolute atomic E-state index is 0.130. The quantitative estimate of drug-likeness (QED) is 0.420. The van der Waals surface area contributed by atoms with E-state index in [2.05, 4.69) is 38.7 Å². The Hall–Kier alpha value is -3.49. The third-order valence-electron chi connectivity index (χ3n) is 7.53. The van der Waals surface area contributed by atoms with Gasteiger partial charge >= 0.3 is 5.97 Å². The Morgan fingerprint density at radius 2 is 1.97 bits per heavy atom. The first kappa shape index (κ1) is 20.1. The molecule has 3 fully saturated rings. The summed E-state index contributed by atoms with van der Waals surface area (Å²) in [6.45, 7) is 4.24. The van der Waals surface area contributed by atoms with Crippen molar-refractivity contribution in [3.63, 3.8) is 0 Å². The highest BCUT2D eigenvalue weighted by molar-refractivity contribution is 5.95. The van der Waals surface area contributed by atoms with E-state index in [1.54, 1.807) is 6.20 Å². The van der Waals surface area contributed by atoms with Crippen LogP contribution >= 0.6 is 0 Å². The highest BCUT2D eigenvalue weighted by Gasteiger charge is 2.47. The lowest BCUT2D eigenvalue weighted by molar-refractivity contribution is -0.148. The summed E-state index contributed by atoms with van der Waals surface area (Å²) in [5.74, 6) is 0.746. The van der Waals surface area contributed by atoms with Crippen molar-refractivity contribution in [2.75, 3.05) is 5.32 Å². The summed E-state index contributed by atoms with van der Waals surface area (Å²) in [5, 5.41) is 15.4. The summed E-state index contributed by atoms with van der Waals surface area (Å²) in [7, 11) is 0. The molecular weight excluding hydrogens is 418 g/mol. The molecule has 3 saturated carbocycles. The molecule has 9 heteroatoms. The van der Waals surface area contributed by atoms with Crippen molar-refractivity contribution in [1.82, 2.24) is 29.5 Å². The highest BCUT2D eigenvalue weighted by atomic mass is 16.4. The zero-order valence-corrected chi connectivity index (χ0v) is 18.7. The summed E-state index contributed by atoms with van der Waals surface area (Å²) < 4.78 is 2.12. The van der Waals surface area contributed by atoms with Gasteiger partial charge in [-0.25, -0.2) is 19.9 Å². The van der Waals surface area contributed by atoms with Crippen LogP contribution in [0.4, 0.5) is 5.82 Å². The van der Waals surface area contributed by atoms with Crippen molar-refractivity contribution in [1.29, 1.82) is 0 Å². The van der Waals surface area contributed by atoms with E-state index in [-0.39, 0.29) is 23.9 Å². The molecule has 2 atom stereocenters. The Bertz CT molecular complexity index is 1350. The predicted molar refractivity (Wildman–Crippen MR) is 125 cm³/mol. The van der Waals surface area contributed by atoms with Gasteiger partial charge in [-0.15, -0.1) is 0 Å². The van der Waals surface area contributed by atoms with Crippen LogP contribution in [0.3, 0.4) is 0 Å². The van der Waals surface area contributed by atoms with Crippen LogP contribution in [-0.2, 0) is 4.79 Å². The van der Waals surface area contributed by atoms with Crippen LogP contribution in [0.25, 0.3) is 33.5 Å². The lowest BCUT2D eigenvalue weighted by atomic mass is 9.61. The number of nitrogens with one attached hydrogen (secondary N) is 2. The van der Waals surface area contributed by atoms with Crippen LogP contribution < -0.4 is 5.32 Å². The van der Waals surface area contributed by atoms with Gasteiger partial charge in [-0.1, -0.05) is 0 Å². The number of nitrogens with zero attached hydrogens (tertiary/aromatic N) is 5. The van der Waals surface area contributed by atoms with E-state index in [9.17, 15) is 9.90 Å². The summed E-state index contributed by atoms with van der Waals surface area (Å²) in [4.78, 5) is 33.7. The number of fused-ring (bicyclic) bond motifs is 5. The molecule has 0 amide bonds. The fraction of sp³-hybridized carbons (Fsp3) is 0.458. The standard InChI is InChI=1S/C24H27N7O2/c1-12(2)31-8-7-15-21(28-19-14-5-3-13(4-6-14)18(19)24(32)33)29-22(30-23(15)31)17-10-26-20-16(17)9-25-11-27-20/h7-14,18-19H,3-6H2,1-2H3,(H,32,33)(H,25,26,27)(H,28,29,30)/t13?,14?,18-,19-/m0/s1. The van der Waals surface area contributed by atoms with Gasteiger partial charge in [0.15, 0.2) is 5.82 Å². The molecule has 4 heterocycles. The third-order valence-corrected chi connectivity index (χ3v) is 7.53. The molecule has 33 heavy (non-hydrogen) atoms. The Labute approximate surface area is 190 Å². The molecule has 0 spiro atoms. The van der Waals surface area contributed by atoms with Crippen LogP contribution in [-0.4, -0.2) is 46.6 Å². The van der Waals surface area contributed by atoms with Gasteiger partial charge in [-0.2, -0.15) is 0 Å². The lowest BCUT2D eigenvalue weighted by Crippen LogP contribution is -2.51. The molecule has 0 aromatic carbocycles. The van der Waals surface area contributed by atoms with Gasteiger partial charge in [0.25, 0.3) is 0 Å². The summed E-state index contributed by atoms with van der Waals surface area (Å²) in [6.07, 6.45) is 11.3. The van der Waals surface area contributed by atoms with E-state index >= 15 is 0 Å². The Morgan fingerprint density at radius 1 is 1.18 bits per heavy atom. The average Bonchev–Trinajstić information content (AvgIpc) is 3.44. The van der Waals surface area contributed by atoms with Crippen LogP contribution in [0.5, 0.6) is 0 Å². The SMILES string of the molecule is CC(C)n1ccc2c(N[C@H]3C4CCC(CC4)[C@@H]3C(=O)O)nc(-c3c[nH]c4ncncc34)nc21. The molecule has 3 aliphatic carbocycles. The Morgan fingerprint density at radius 3 is 2.73 bits per heavy atom. The predicted octanol–water partition coefficient (Wildman–Crippen LogP) is 4.25. The summed E-state index contributed by atoms with van der Waals surface area (Å²) in [5.41, 5.74) is 2.39. The van der Waals surface area contributed by atoms with Crippen molar-refractivity contribution in [2.45, 2.75) is 51.6 Å². The molecule has 9 nitrogen and oxygen atoms in total. The van der Waals surface area contributed by atoms with Crippen LogP contribution in [0, 0.1) is 17.8 Å². The number of H-pyrrole nitrogens is 1. The number of aliphatic carboxylic acids is 1. The number of hydrogen-bond acceptors (Lipinski definition) is 6. The van der Waals surface area contributed by atoms with E-state index in [4.69, 9.17) is 9.97 Å². The topological polar surface area (TPSA) is 122 Å². The monoisotopic (exact) mass is 445 g/mol. The number of carbonyl (C=O) groups is 1. The summed E-state index contributed by atoms with van der Waals surface area (Å²) in [6, 6.07) is 2.12. The van der Waals surface area contributed by atoms with E-state index in [0.717, 1.165) is 53.3 Å². The van der Waals surface area contributed by atoms with Gasteiger partial charge in [0.05, 0.1) is 11.3 Å². The number of aromatic amines is 1. The number of anilines is 1. The van der Waals surface area contributed by atoms with Gasteiger partial charge in [-0.05, 0) is 57.4 Å². The van der Waals surface area contributed by atoms with Crippen LogP contribution in [0.15, 0.2) is 31.0 Å². The zero-order valence-electron chi connectivity index (χ0n) is 18.7. The molecule has 3 aliphatic rings. The van der Waals surface area contributed by atoms with Gasteiger partial charge < -0.3 is 20.0 Å². The largest absolute Gasteiger partial charge is 0.481 e. The number of hydrogen-bond donors (Lipinski definition) is 3. The maximum absolute atomic E-state index is 12.2. The van der Waals surface area contributed by atoms with Gasteiger partial charge in [0.1, 0.15) is 23.4 Å². The average molecular weight is 446 g/mol. The van der Waals surface area contributed by atoms with E-state index in [1.807, 2.05) is 18.5 Å². The Balaban J connectivity index is 1.50. The Kier molecular flexibility index (Phi) is 4.60. The molecule has 4 aromatic heterocycles. The minimum Gasteiger partial charge on any atom is -0.481 e. The second-order valence-corrected chi connectivity index (χ2v) is 9.65. The second-order valence-electron chi connectivity index (χ2n) is 9.65. The molecule has 0 aliphatic heterocycles. The zero-order chi connectivity index (χ0) is 22.7. The van der Waals surface area contributed by atoms with Gasteiger partial charge in [0.2, 0.25) is 0 Å². The second kappa shape index (κ2) is 7.54. The third kappa shape index (κ3) is 3.17. The summed E-state index contributed by atoms with van der Waals surface area (Å²) >= 11 is 0. The molecule has 7 rings (SSSR count). The van der Waals surface area contributed by atoms with Crippen molar-refractivity contribution < 1.29 is 9.90 Å². The maximum atomic E-state index is 12.2. The van der Waals surface area contributed by atoms with Crippen molar-refractivity contribution in [3.8, 4) is 11.4 Å². The number of aromatic nitrogens is 6. The van der Waals surface area contributed by atoms with Gasteiger partial charge in [-0.3, -0.25) is 4.79 Å². The first-order valence-electron chi connectivity index (χ1n) is 11.7. The van der Waals surface area contributed by atoms with Crippen molar-refractivity contribution >= 4 is 33.9 Å². The fourth-order valence-electron chi connectivity index (χ4n) is 5.90. The first-order valence-corrected chi connectivity index (χ1v) is 11.7. The first-order chi connectivity index (χ1) is 16.0. The van der Waals surface area contributed by atoms with E-state index in [0.29, 0.717) is 17.6 Å². The molecule has 3 N–H and O–H groups in total.